The molecule has 7 heavy (non-hydrogen) atoms. The Balaban J connectivity index is 2.45. The molecule has 0 rings (SSSR count). The first kappa shape index (κ1) is 6.92. The van der Waals surface area contributed by atoms with Gasteiger partial charge in [0.25, 0.3) is 0 Å². The molecule has 0 aliphatic rings. The van der Waals surface area contributed by atoms with Crippen molar-refractivity contribution in [3.8, 4) is 0 Å². The number of nitrogens with two attached hydrogens (primary N) is 1. The summed E-state index contributed by atoms with van der Waals surface area (Å²) in [6.45, 7) is 2.99. The summed E-state index contributed by atoms with van der Waals surface area (Å²) in [4.78, 5) is 0. The van der Waals surface area contributed by atoms with Gasteiger partial charge in [0.15, 0.2) is 0 Å². The largest absolute Gasteiger partial charge is 0.254 e. The number of rotatable bonds is 4. The van der Waals surface area contributed by atoms with E-state index in [1.807, 2.05) is 0 Å². The molecular weight excluding hydrogens is 88.1 g/mol. The standard InChI is InChI=1S/C5H13N2/c1-2-3-4-5-7-6/h2-6H2,1H3. The van der Waals surface area contributed by atoms with Crippen molar-refractivity contribution in [2.45, 2.75) is 26.2 Å². The molecule has 0 amide bonds. The number of hydrogen-bond acceptors (Lipinski definition) is 1. The van der Waals surface area contributed by atoms with Crippen molar-refractivity contribution in [1.29, 1.82) is 0 Å². The maximum absolute atomic E-state index is 4.89. The lowest BCUT2D eigenvalue weighted by molar-refractivity contribution is 0.628. The number of nitrogens with zero attached hydrogens (tertiary/aromatic N) is 1. The summed E-state index contributed by atoms with van der Waals surface area (Å²) in [7, 11) is 0. The predicted molar refractivity (Wildman–Crippen MR) is 30.7 cm³/mol. The van der Waals surface area contributed by atoms with E-state index in [9.17, 15) is 0 Å². The fourth-order valence-electron chi connectivity index (χ4n) is 0.453. The maximum atomic E-state index is 4.89. The van der Waals surface area contributed by atoms with Gasteiger partial charge in [0.05, 0.1) is 0 Å². The van der Waals surface area contributed by atoms with Gasteiger partial charge < -0.3 is 0 Å². The Kier molecular flexibility index (Phi) is 5.85. The number of unbranched alkanes of at least 4 members (excludes halogenated alkanes) is 2. The van der Waals surface area contributed by atoms with Gasteiger partial charge in [0.2, 0.25) is 0 Å². The van der Waals surface area contributed by atoms with Crippen LogP contribution in [-0.4, -0.2) is 6.54 Å². The Morgan fingerprint density at radius 3 is 2.57 bits per heavy atom. The van der Waals surface area contributed by atoms with E-state index in [1.165, 1.54) is 12.8 Å². The fourth-order valence-corrected chi connectivity index (χ4v) is 0.453. The molecule has 0 unspecified atom stereocenters. The van der Waals surface area contributed by atoms with E-state index in [4.69, 9.17) is 5.84 Å². The summed E-state index contributed by atoms with van der Waals surface area (Å²) in [6, 6.07) is 0. The van der Waals surface area contributed by atoms with Crippen molar-refractivity contribution in [2.75, 3.05) is 6.54 Å². The van der Waals surface area contributed by atoms with Crippen LogP contribution < -0.4 is 11.3 Å². The van der Waals surface area contributed by atoms with Crippen molar-refractivity contribution in [3.05, 3.63) is 0 Å². The summed E-state index contributed by atoms with van der Waals surface area (Å²) in [5.74, 6) is 4.89. The second-order valence-corrected chi connectivity index (χ2v) is 1.61. The third-order valence-electron chi connectivity index (χ3n) is 0.891. The predicted octanol–water partition coefficient (Wildman–Crippen LogP) is 0.655. The fraction of sp³-hybridized carbons (Fsp3) is 1.00. The van der Waals surface area contributed by atoms with Gasteiger partial charge >= 0.3 is 0 Å². The summed E-state index contributed by atoms with van der Waals surface area (Å²) in [6.07, 6.45) is 3.64. The Bertz CT molecular complexity index is 25.3. The zero-order valence-corrected chi connectivity index (χ0v) is 4.85. The third-order valence-corrected chi connectivity index (χ3v) is 0.891. The lowest BCUT2D eigenvalue weighted by Crippen LogP contribution is -2.13. The van der Waals surface area contributed by atoms with Crippen molar-refractivity contribution in [1.82, 2.24) is 5.43 Å². The third kappa shape index (κ3) is 5.92. The second-order valence-electron chi connectivity index (χ2n) is 1.61. The second kappa shape index (κ2) is 5.92. The van der Waals surface area contributed by atoms with Gasteiger partial charge in [0.1, 0.15) is 0 Å². The van der Waals surface area contributed by atoms with Gasteiger partial charge in [-0.2, -0.15) is 5.43 Å². The van der Waals surface area contributed by atoms with E-state index in [0.29, 0.717) is 0 Å². The van der Waals surface area contributed by atoms with E-state index in [1.54, 1.807) is 0 Å². The Morgan fingerprint density at radius 2 is 2.14 bits per heavy atom. The molecule has 43 valence electrons. The van der Waals surface area contributed by atoms with Gasteiger partial charge in [-0.3, -0.25) is 5.84 Å². The molecule has 0 aromatic heterocycles. The highest BCUT2D eigenvalue weighted by molar-refractivity contribution is 4.37. The number of hydrogen-bond donors (Lipinski definition) is 1. The van der Waals surface area contributed by atoms with E-state index in [2.05, 4.69) is 12.3 Å². The van der Waals surface area contributed by atoms with E-state index in [-0.39, 0.29) is 0 Å². The summed E-state index contributed by atoms with van der Waals surface area (Å²) < 4.78 is 0. The van der Waals surface area contributed by atoms with Crippen LogP contribution in [0.4, 0.5) is 0 Å². The van der Waals surface area contributed by atoms with Crippen LogP contribution >= 0.6 is 0 Å². The highest BCUT2D eigenvalue weighted by Crippen LogP contribution is 1.89. The minimum Gasteiger partial charge on any atom is -0.254 e. The first-order chi connectivity index (χ1) is 3.41. The van der Waals surface area contributed by atoms with Crippen LogP contribution in [0.1, 0.15) is 26.2 Å². The average molecular weight is 101 g/mol. The molecule has 0 heterocycles. The van der Waals surface area contributed by atoms with Gasteiger partial charge in [-0.15, -0.1) is 0 Å². The minimum absolute atomic E-state index is 0.827. The van der Waals surface area contributed by atoms with E-state index >= 15 is 0 Å². The van der Waals surface area contributed by atoms with Crippen molar-refractivity contribution < 1.29 is 0 Å². The smallest absolute Gasteiger partial charge is 0.0301 e. The lowest BCUT2D eigenvalue weighted by atomic mass is 10.3. The maximum Gasteiger partial charge on any atom is 0.0301 e. The first-order valence-corrected chi connectivity index (χ1v) is 2.78. The monoisotopic (exact) mass is 101 g/mol. The zero-order chi connectivity index (χ0) is 5.54. The molecule has 0 aromatic rings. The molecule has 0 atom stereocenters. The molecule has 0 fully saturated rings. The van der Waals surface area contributed by atoms with Gasteiger partial charge in [-0.25, -0.2) is 0 Å². The van der Waals surface area contributed by atoms with Crippen LogP contribution in [0, 0.1) is 0 Å². The molecular formula is C5H13N2. The molecule has 2 heteroatoms. The molecule has 0 bridgehead atoms. The molecule has 2 N–H and O–H groups in total. The van der Waals surface area contributed by atoms with E-state index < -0.39 is 0 Å². The SMILES string of the molecule is CCCCC[N]N. The Morgan fingerprint density at radius 1 is 1.43 bits per heavy atom. The first-order valence-electron chi connectivity index (χ1n) is 2.78. The van der Waals surface area contributed by atoms with Crippen molar-refractivity contribution in [2.24, 2.45) is 5.84 Å². The summed E-state index contributed by atoms with van der Waals surface area (Å²) >= 11 is 0. The highest BCUT2D eigenvalue weighted by Gasteiger charge is 1.80. The summed E-state index contributed by atoms with van der Waals surface area (Å²) in [5.41, 5.74) is 3.47. The van der Waals surface area contributed by atoms with Gasteiger partial charge in [-0.1, -0.05) is 19.8 Å². The quantitative estimate of drug-likeness (QED) is 0.315. The van der Waals surface area contributed by atoms with Crippen molar-refractivity contribution >= 4 is 0 Å². The summed E-state index contributed by atoms with van der Waals surface area (Å²) in [5, 5.41) is 0. The molecule has 2 nitrogen and oxygen atoms in total. The van der Waals surface area contributed by atoms with Crippen LogP contribution in [-0.2, 0) is 0 Å². The van der Waals surface area contributed by atoms with Crippen LogP contribution in [0.25, 0.3) is 0 Å². The molecule has 0 aliphatic heterocycles. The molecule has 0 spiro atoms. The lowest BCUT2D eigenvalue weighted by Gasteiger charge is -1.90. The topological polar surface area (TPSA) is 40.1 Å². The van der Waals surface area contributed by atoms with Crippen LogP contribution in [0.2, 0.25) is 0 Å². The molecule has 0 aliphatic carbocycles. The van der Waals surface area contributed by atoms with Crippen LogP contribution in [0.15, 0.2) is 0 Å². The normalized spacial score (nSPS) is 9.43. The van der Waals surface area contributed by atoms with Gasteiger partial charge in [0, 0.05) is 6.54 Å². The van der Waals surface area contributed by atoms with Crippen LogP contribution in [0.5, 0.6) is 0 Å². The minimum atomic E-state index is 0.827. The Labute approximate surface area is 45.1 Å². The molecule has 0 saturated heterocycles. The van der Waals surface area contributed by atoms with Gasteiger partial charge in [-0.05, 0) is 6.42 Å². The van der Waals surface area contributed by atoms with Crippen LogP contribution in [0.3, 0.4) is 0 Å². The average Bonchev–Trinajstić information content (AvgIpc) is 1.69. The highest BCUT2D eigenvalue weighted by atomic mass is 15.2. The van der Waals surface area contributed by atoms with Crippen molar-refractivity contribution in [3.63, 3.8) is 0 Å². The Hall–Kier alpha value is -0.0800. The molecule has 1 radical (unpaired) electrons. The van der Waals surface area contributed by atoms with E-state index in [0.717, 1.165) is 13.0 Å². The molecule has 0 saturated carbocycles. The molecule has 0 aromatic carbocycles. The zero-order valence-electron chi connectivity index (χ0n) is 4.85.